The van der Waals surface area contributed by atoms with Crippen molar-refractivity contribution in [3.8, 4) is 0 Å². The van der Waals surface area contributed by atoms with Crippen LogP contribution < -0.4 is 0 Å². The minimum absolute atomic E-state index is 0.0133. The van der Waals surface area contributed by atoms with E-state index in [1.165, 1.54) is 16.9 Å². The first-order valence-corrected chi connectivity index (χ1v) is 20.1. The molecule has 8 heteroatoms. The summed E-state index contributed by atoms with van der Waals surface area (Å²) in [5, 5.41) is 23.6. The van der Waals surface area contributed by atoms with Gasteiger partial charge in [0, 0.05) is 55.7 Å². The molecule has 8 nitrogen and oxygen atoms in total. The Kier molecular flexibility index (Phi) is 9.18. The van der Waals surface area contributed by atoms with Gasteiger partial charge in [0.2, 0.25) is 5.79 Å². The molecule has 4 spiro atoms. The van der Waals surface area contributed by atoms with Gasteiger partial charge in [0.1, 0.15) is 11.7 Å². The number of aliphatic hydroxyl groups is 2. The molecule has 50 heavy (non-hydrogen) atoms. The first-order valence-electron chi connectivity index (χ1n) is 20.1. The maximum Gasteiger partial charge on any atom is 0.200 e. The third kappa shape index (κ3) is 5.95. The molecule has 0 aromatic heterocycles. The van der Waals surface area contributed by atoms with Crippen molar-refractivity contribution in [2.45, 2.75) is 184 Å². The Labute approximate surface area is 300 Å². The summed E-state index contributed by atoms with van der Waals surface area (Å²) in [5.74, 6) is -1.72. The highest BCUT2D eigenvalue weighted by atomic mass is 16.8. The molecular weight excluding hydrogens is 630 g/mol. The van der Waals surface area contributed by atoms with Gasteiger partial charge in [-0.05, 0) is 95.3 Å². The fourth-order valence-electron chi connectivity index (χ4n) is 11.5. The molecule has 2 unspecified atom stereocenters. The lowest BCUT2D eigenvalue weighted by Gasteiger charge is -2.50. The van der Waals surface area contributed by atoms with Crippen molar-refractivity contribution >= 4 is 5.71 Å². The smallest absolute Gasteiger partial charge is 0.200 e. The molecule has 8 rings (SSSR count). The Morgan fingerprint density at radius 2 is 1.64 bits per heavy atom. The van der Waals surface area contributed by atoms with E-state index in [9.17, 15) is 10.2 Å². The summed E-state index contributed by atoms with van der Waals surface area (Å²) in [6, 6.07) is 0. The topological polar surface area (TPSA) is 99.0 Å². The maximum atomic E-state index is 11.8. The van der Waals surface area contributed by atoms with Crippen molar-refractivity contribution in [2.24, 2.45) is 34.1 Å². The molecule has 0 radical (unpaired) electrons. The number of aliphatic imine (C=N–C) groups is 1. The van der Waals surface area contributed by atoms with E-state index in [2.05, 4.69) is 40.0 Å². The molecule has 0 aromatic carbocycles. The zero-order valence-corrected chi connectivity index (χ0v) is 31.2. The molecule has 2 N–H and O–H groups in total. The van der Waals surface area contributed by atoms with Gasteiger partial charge in [0.25, 0.3) is 0 Å². The van der Waals surface area contributed by atoms with E-state index >= 15 is 0 Å². The number of allylic oxidation sites excluding steroid dienone is 2. The molecule has 6 fully saturated rings. The quantitative estimate of drug-likeness (QED) is 0.272. The molecule has 6 saturated heterocycles. The van der Waals surface area contributed by atoms with Crippen LogP contribution in [0.3, 0.4) is 0 Å². The molecule has 0 saturated carbocycles. The van der Waals surface area contributed by atoms with Crippen molar-refractivity contribution in [1.29, 1.82) is 0 Å². The molecular formula is C42H63NO7. The van der Waals surface area contributed by atoms with Crippen LogP contribution in [0.2, 0.25) is 0 Å². The van der Waals surface area contributed by atoms with Crippen LogP contribution in [0.25, 0.3) is 0 Å². The second kappa shape index (κ2) is 12.9. The number of hydrogen-bond donors (Lipinski definition) is 2. The molecule has 0 aromatic rings. The van der Waals surface area contributed by atoms with E-state index in [0.29, 0.717) is 43.9 Å². The van der Waals surface area contributed by atoms with Crippen LogP contribution in [0, 0.1) is 29.1 Å². The van der Waals surface area contributed by atoms with Crippen molar-refractivity contribution in [3.63, 3.8) is 0 Å². The fourth-order valence-corrected chi connectivity index (χ4v) is 11.5. The van der Waals surface area contributed by atoms with Crippen LogP contribution in [-0.4, -0.2) is 76.0 Å². The van der Waals surface area contributed by atoms with Crippen molar-refractivity contribution in [2.75, 3.05) is 6.54 Å². The van der Waals surface area contributed by atoms with Gasteiger partial charge in [-0.1, -0.05) is 57.2 Å². The lowest BCUT2D eigenvalue weighted by atomic mass is 9.57. The van der Waals surface area contributed by atoms with Crippen LogP contribution in [0.4, 0.5) is 0 Å². The van der Waals surface area contributed by atoms with Gasteiger partial charge in [0.05, 0.1) is 24.4 Å². The van der Waals surface area contributed by atoms with Crippen molar-refractivity contribution < 1.29 is 33.9 Å². The Morgan fingerprint density at radius 1 is 0.820 bits per heavy atom. The number of rotatable bonds is 1. The van der Waals surface area contributed by atoms with Crippen LogP contribution >= 0.6 is 0 Å². The fraction of sp³-hybridized carbons (Fsp3) is 0.833. The summed E-state index contributed by atoms with van der Waals surface area (Å²) in [6.07, 6.45) is 16.0. The second-order valence-electron chi connectivity index (χ2n) is 18.3. The van der Waals surface area contributed by atoms with Gasteiger partial charge >= 0.3 is 0 Å². The van der Waals surface area contributed by atoms with Gasteiger partial charge in [-0.25, -0.2) is 0 Å². The van der Waals surface area contributed by atoms with E-state index in [0.717, 1.165) is 77.2 Å². The van der Waals surface area contributed by atoms with E-state index in [4.69, 9.17) is 28.7 Å². The predicted octanol–water partition coefficient (Wildman–Crippen LogP) is 7.72. The standard InChI is InChI=1S/C42H63NO7/c1-7-30-13-17-39-22-27(3)29(5)25-43-34(39)12-8-10-26(2)20-31-14-16-38(6,45)42(47-31)19-18-40(50-42)15-9-11-32(46-40)24-41-23-28(4)35(44)37(49-41)36(48-41)33(39)21-30/h7,21,27-29,31-33,35-37,44-45H,1-2,8-20,22-25H2,3-6H3/t27-,28+,29-,31-,32+,33+,35?,36-,37+,38?,39+,40+,41+,42+/m0/s1. The zero-order valence-electron chi connectivity index (χ0n) is 31.2. The lowest BCUT2D eigenvalue weighted by Crippen LogP contribution is -2.60. The minimum atomic E-state index is -1.11. The molecule has 8 aliphatic rings. The number of aliphatic hydroxyl groups excluding tert-OH is 1. The highest BCUT2D eigenvalue weighted by molar-refractivity contribution is 5.91. The van der Waals surface area contributed by atoms with Gasteiger partial charge in [0.15, 0.2) is 11.6 Å². The molecule has 7 bridgehead atoms. The summed E-state index contributed by atoms with van der Waals surface area (Å²) < 4.78 is 35.1. The van der Waals surface area contributed by atoms with Gasteiger partial charge in [-0.3, -0.25) is 4.99 Å². The van der Waals surface area contributed by atoms with E-state index in [-0.39, 0.29) is 35.6 Å². The summed E-state index contributed by atoms with van der Waals surface area (Å²) >= 11 is 0. The predicted molar refractivity (Wildman–Crippen MR) is 192 cm³/mol. The molecule has 0 amide bonds. The average Bonchev–Trinajstić information content (AvgIpc) is 3.55. The molecule has 14 atom stereocenters. The number of nitrogens with zero attached hydrogens (tertiary/aromatic N) is 1. The van der Waals surface area contributed by atoms with Crippen molar-refractivity contribution in [1.82, 2.24) is 0 Å². The van der Waals surface area contributed by atoms with E-state index < -0.39 is 35.2 Å². The molecule has 1 aliphatic carbocycles. The average molecular weight is 694 g/mol. The first-order chi connectivity index (χ1) is 23.8. The van der Waals surface area contributed by atoms with Crippen LogP contribution in [0.5, 0.6) is 0 Å². The summed E-state index contributed by atoms with van der Waals surface area (Å²) in [4.78, 5) is 5.49. The third-order valence-corrected chi connectivity index (χ3v) is 14.7. The number of hydrogen-bond acceptors (Lipinski definition) is 8. The second-order valence-corrected chi connectivity index (χ2v) is 18.3. The Morgan fingerprint density at radius 3 is 2.46 bits per heavy atom. The highest BCUT2D eigenvalue weighted by Crippen LogP contribution is 2.59. The highest BCUT2D eigenvalue weighted by Gasteiger charge is 2.65. The Hall–Kier alpha value is -1.39. The van der Waals surface area contributed by atoms with Gasteiger partial charge in [-0.2, -0.15) is 0 Å². The third-order valence-electron chi connectivity index (χ3n) is 14.7. The van der Waals surface area contributed by atoms with Gasteiger partial charge < -0.3 is 33.9 Å². The number of ether oxygens (including phenoxy) is 5. The molecule has 7 heterocycles. The summed E-state index contributed by atoms with van der Waals surface area (Å²) in [6.45, 7) is 18.4. The molecule has 7 aliphatic heterocycles. The zero-order chi connectivity index (χ0) is 35.1. The van der Waals surface area contributed by atoms with Crippen LogP contribution in [-0.2, 0) is 23.7 Å². The van der Waals surface area contributed by atoms with E-state index in [1.807, 2.05) is 13.0 Å². The van der Waals surface area contributed by atoms with Crippen LogP contribution in [0.15, 0.2) is 41.4 Å². The van der Waals surface area contributed by atoms with Crippen molar-refractivity contribution in [3.05, 3.63) is 36.5 Å². The first kappa shape index (κ1) is 35.6. The number of fused-ring (bicyclic) bond motifs is 6. The SMILES string of the molecule is C=CC1=C[C@@H]2[C@@H]3O[C@]4(C[C@H]5CCC[C@@]6(CC[C@@]7(O[C@@H](CCC7(C)O)CC(=C)CCCC7=NC[C@H](C)[C@@H](C)C[C@@]72CC1)O6)O5)C[C@@H](C)C(O)[C@H]3O4. The Balaban J connectivity index is 1.20. The summed E-state index contributed by atoms with van der Waals surface area (Å²) in [5.41, 5.74) is 2.47. The molecule has 278 valence electrons. The monoisotopic (exact) mass is 693 g/mol. The minimum Gasteiger partial charge on any atom is -0.390 e. The largest absolute Gasteiger partial charge is 0.390 e. The van der Waals surface area contributed by atoms with Gasteiger partial charge in [-0.15, -0.1) is 0 Å². The normalized spacial score (nSPS) is 52.6. The Bertz CT molecular complexity index is 1410. The van der Waals surface area contributed by atoms with E-state index in [1.54, 1.807) is 0 Å². The maximum absolute atomic E-state index is 11.8. The summed E-state index contributed by atoms with van der Waals surface area (Å²) in [7, 11) is 0. The van der Waals surface area contributed by atoms with Crippen LogP contribution in [0.1, 0.15) is 130 Å². The lowest BCUT2D eigenvalue weighted by molar-refractivity contribution is -0.403.